The van der Waals surface area contributed by atoms with Gasteiger partial charge in [0.1, 0.15) is 11.5 Å². The van der Waals surface area contributed by atoms with Crippen molar-refractivity contribution in [2.75, 3.05) is 26.9 Å². The minimum Gasteiger partial charge on any atom is -0.496 e. The molecule has 1 amide bonds. The number of hydrogen-bond acceptors (Lipinski definition) is 5. The Morgan fingerprint density at radius 1 is 1.16 bits per heavy atom. The van der Waals surface area contributed by atoms with Crippen LogP contribution in [0, 0.1) is 19.3 Å². The van der Waals surface area contributed by atoms with E-state index in [-0.39, 0.29) is 28.3 Å². The molecular weight excluding hydrogens is 406 g/mol. The maximum atomic E-state index is 13.2. The Hall–Kier alpha value is -2.60. The second-order valence-electron chi connectivity index (χ2n) is 10.1. The molecule has 1 fully saturated rings. The molecule has 1 aromatic heterocycles. The van der Waals surface area contributed by atoms with E-state index in [2.05, 4.69) is 32.2 Å². The van der Waals surface area contributed by atoms with Gasteiger partial charge >= 0.3 is 0 Å². The summed E-state index contributed by atoms with van der Waals surface area (Å²) in [6.45, 7) is 9.67. The highest BCUT2D eigenvalue weighted by atomic mass is 16.5. The van der Waals surface area contributed by atoms with Gasteiger partial charge in [-0.1, -0.05) is 31.5 Å². The lowest BCUT2D eigenvalue weighted by atomic mass is 9.73. The van der Waals surface area contributed by atoms with E-state index in [1.54, 1.807) is 14.0 Å². The van der Waals surface area contributed by atoms with Crippen LogP contribution in [0.4, 0.5) is 0 Å². The third-order valence-corrected chi connectivity index (χ3v) is 6.95. The largest absolute Gasteiger partial charge is 0.496 e. The number of rotatable bonds is 5. The molecule has 172 valence electrons. The lowest BCUT2D eigenvalue weighted by Crippen LogP contribution is -2.45. The predicted molar refractivity (Wildman–Crippen MR) is 122 cm³/mol. The molecule has 4 rings (SSSR count). The van der Waals surface area contributed by atoms with Crippen LogP contribution in [0.3, 0.4) is 0 Å². The number of furan rings is 1. The Morgan fingerprint density at radius 2 is 1.88 bits per heavy atom. The van der Waals surface area contributed by atoms with Gasteiger partial charge in [0.2, 0.25) is 0 Å². The van der Waals surface area contributed by atoms with Crippen molar-refractivity contribution in [2.45, 2.75) is 58.8 Å². The van der Waals surface area contributed by atoms with Crippen LogP contribution in [0.25, 0.3) is 0 Å². The first-order valence-corrected chi connectivity index (χ1v) is 11.3. The number of aryl methyl sites for hydroxylation is 1. The first kappa shape index (κ1) is 22.6. The molecule has 1 aliphatic heterocycles. The highest BCUT2D eigenvalue weighted by Gasteiger charge is 2.39. The third kappa shape index (κ3) is 4.08. The number of nitrogens with one attached hydrogen (secondary N) is 1. The van der Waals surface area contributed by atoms with Crippen molar-refractivity contribution in [3.8, 4) is 5.75 Å². The van der Waals surface area contributed by atoms with Crippen molar-refractivity contribution < 1.29 is 23.5 Å². The Balaban J connectivity index is 1.61. The van der Waals surface area contributed by atoms with Crippen LogP contribution in [-0.4, -0.2) is 38.6 Å². The van der Waals surface area contributed by atoms with Gasteiger partial charge < -0.3 is 19.2 Å². The topological polar surface area (TPSA) is 77.8 Å². The van der Waals surface area contributed by atoms with E-state index in [0.717, 1.165) is 29.7 Å². The van der Waals surface area contributed by atoms with Crippen LogP contribution in [0.5, 0.6) is 5.75 Å². The molecule has 6 nitrogen and oxygen atoms in total. The molecule has 1 N–H and O–H groups in total. The molecule has 0 saturated carbocycles. The van der Waals surface area contributed by atoms with E-state index in [1.165, 1.54) is 0 Å². The standard InChI is InChI=1S/C26H33NO5/c1-16-6-7-20(30-5)18(12-16)26(8-10-31-11-9-26)15-27-24(29)23-17(2)22-19(28)13-25(3,4)14-21(22)32-23/h6-7,12H,8-11,13-15H2,1-5H3,(H,27,29). The summed E-state index contributed by atoms with van der Waals surface area (Å²) in [6, 6.07) is 6.17. The number of carbonyl (C=O) groups is 2. The van der Waals surface area contributed by atoms with E-state index in [4.69, 9.17) is 13.9 Å². The summed E-state index contributed by atoms with van der Waals surface area (Å²) < 4.78 is 17.3. The van der Waals surface area contributed by atoms with Gasteiger partial charge in [0.05, 0.1) is 12.7 Å². The highest BCUT2D eigenvalue weighted by molar-refractivity contribution is 6.03. The summed E-state index contributed by atoms with van der Waals surface area (Å²) in [5, 5.41) is 3.11. The van der Waals surface area contributed by atoms with E-state index in [9.17, 15) is 9.59 Å². The van der Waals surface area contributed by atoms with Crippen molar-refractivity contribution in [1.82, 2.24) is 5.32 Å². The molecule has 1 aromatic carbocycles. The Labute approximate surface area is 189 Å². The average Bonchev–Trinajstić information content (AvgIpc) is 3.08. The van der Waals surface area contributed by atoms with E-state index in [1.807, 2.05) is 12.1 Å². The Kier molecular flexibility index (Phi) is 5.93. The lowest BCUT2D eigenvalue weighted by Gasteiger charge is -2.38. The predicted octanol–water partition coefficient (Wildman–Crippen LogP) is 4.54. The normalized spacial score (nSPS) is 19.3. The molecule has 32 heavy (non-hydrogen) atoms. The van der Waals surface area contributed by atoms with Crippen LogP contribution < -0.4 is 10.1 Å². The fourth-order valence-corrected chi connectivity index (χ4v) is 5.17. The zero-order valence-electron chi connectivity index (χ0n) is 19.7. The third-order valence-electron chi connectivity index (χ3n) is 6.95. The van der Waals surface area contributed by atoms with Gasteiger partial charge in [-0.25, -0.2) is 0 Å². The zero-order chi connectivity index (χ0) is 23.1. The van der Waals surface area contributed by atoms with Gasteiger partial charge in [-0.3, -0.25) is 9.59 Å². The number of carbonyl (C=O) groups excluding carboxylic acids is 2. The lowest BCUT2D eigenvalue weighted by molar-refractivity contribution is 0.0476. The van der Waals surface area contributed by atoms with Gasteiger partial charge in [0, 0.05) is 49.1 Å². The van der Waals surface area contributed by atoms with Gasteiger partial charge in [0.25, 0.3) is 5.91 Å². The summed E-state index contributed by atoms with van der Waals surface area (Å²) in [6.07, 6.45) is 2.70. The summed E-state index contributed by atoms with van der Waals surface area (Å²) in [7, 11) is 1.68. The van der Waals surface area contributed by atoms with Crippen molar-refractivity contribution in [3.63, 3.8) is 0 Å². The van der Waals surface area contributed by atoms with Crippen LogP contribution in [0.15, 0.2) is 22.6 Å². The highest BCUT2D eigenvalue weighted by Crippen LogP contribution is 2.41. The Morgan fingerprint density at radius 3 is 2.56 bits per heavy atom. The minimum absolute atomic E-state index is 0.0574. The molecule has 2 heterocycles. The number of benzene rings is 1. The summed E-state index contributed by atoms with van der Waals surface area (Å²) in [4.78, 5) is 25.9. The van der Waals surface area contributed by atoms with E-state index >= 15 is 0 Å². The summed E-state index contributed by atoms with van der Waals surface area (Å²) in [5.41, 5.74) is 3.03. The number of hydrogen-bond donors (Lipinski definition) is 1. The molecule has 1 saturated heterocycles. The van der Waals surface area contributed by atoms with Crippen molar-refractivity contribution >= 4 is 11.7 Å². The second-order valence-corrected chi connectivity index (χ2v) is 10.1. The van der Waals surface area contributed by atoms with Crippen LogP contribution >= 0.6 is 0 Å². The number of ketones is 1. The second kappa shape index (κ2) is 8.39. The van der Waals surface area contributed by atoms with Gasteiger partial charge in [-0.15, -0.1) is 0 Å². The molecule has 0 unspecified atom stereocenters. The van der Waals surface area contributed by atoms with Crippen molar-refractivity contribution in [3.05, 3.63) is 52.0 Å². The molecule has 0 radical (unpaired) electrons. The molecule has 1 aliphatic carbocycles. The smallest absolute Gasteiger partial charge is 0.287 e. The Bertz CT molecular complexity index is 1040. The first-order valence-electron chi connectivity index (χ1n) is 11.3. The first-order chi connectivity index (χ1) is 15.2. The number of Topliss-reactive ketones (excluding diaryl/α,β-unsaturated/α-hetero) is 1. The molecular formula is C26H33NO5. The fourth-order valence-electron chi connectivity index (χ4n) is 5.17. The van der Waals surface area contributed by atoms with Crippen molar-refractivity contribution in [1.29, 1.82) is 0 Å². The summed E-state index contributed by atoms with van der Waals surface area (Å²) >= 11 is 0. The maximum absolute atomic E-state index is 13.2. The van der Waals surface area contributed by atoms with E-state index < -0.39 is 0 Å². The molecule has 6 heteroatoms. The number of ether oxygens (including phenoxy) is 2. The van der Waals surface area contributed by atoms with Gasteiger partial charge in [-0.05, 0) is 38.2 Å². The van der Waals surface area contributed by atoms with Crippen molar-refractivity contribution in [2.24, 2.45) is 5.41 Å². The maximum Gasteiger partial charge on any atom is 0.287 e. The van der Waals surface area contributed by atoms with Gasteiger partial charge in [0.15, 0.2) is 11.5 Å². The quantitative estimate of drug-likeness (QED) is 0.740. The number of methoxy groups -OCH3 is 1. The van der Waals surface area contributed by atoms with E-state index in [0.29, 0.717) is 49.5 Å². The number of amides is 1. The molecule has 0 bridgehead atoms. The van der Waals surface area contributed by atoms with Crippen LogP contribution in [-0.2, 0) is 16.6 Å². The SMILES string of the molecule is COc1ccc(C)cc1C1(CNC(=O)c2oc3c(c2C)C(=O)CC(C)(C)C3)CCOCC1. The van der Waals surface area contributed by atoms with Crippen LogP contribution in [0.1, 0.15) is 76.5 Å². The molecule has 2 aromatic rings. The molecule has 0 atom stereocenters. The number of fused-ring (bicyclic) bond motifs is 1. The fraction of sp³-hybridized carbons (Fsp3) is 0.538. The minimum atomic E-state index is -0.288. The summed E-state index contributed by atoms with van der Waals surface area (Å²) in [5.74, 6) is 1.49. The zero-order valence-corrected chi connectivity index (χ0v) is 19.7. The average molecular weight is 440 g/mol. The monoisotopic (exact) mass is 439 g/mol. The molecule has 2 aliphatic rings. The van der Waals surface area contributed by atoms with Gasteiger partial charge in [-0.2, -0.15) is 0 Å². The van der Waals surface area contributed by atoms with Crippen LogP contribution in [0.2, 0.25) is 0 Å². The molecule has 0 spiro atoms.